The van der Waals surface area contributed by atoms with Crippen LogP contribution >= 0.6 is 0 Å². The van der Waals surface area contributed by atoms with Gasteiger partial charge in [0.2, 0.25) is 0 Å². The first kappa shape index (κ1) is 10.6. The van der Waals surface area contributed by atoms with E-state index in [9.17, 15) is 4.79 Å². The minimum absolute atomic E-state index is 0.186. The number of fused-ring (bicyclic) bond motifs is 1. The summed E-state index contributed by atoms with van der Waals surface area (Å²) in [6.45, 7) is 0. The number of nitrogens with one attached hydrogen (secondary N) is 1. The lowest BCUT2D eigenvalue weighted by Crippen LogP contribution is -1.95. The highest BCUT2D eigenvalue weighted by Crippen LogP contribution is 2.28. The summed E-state index contributed by atoms with van der Waals surface area (Å²) < 4.78 is 1.99. The molecule has 0 saturated heterocycles. The molecule has 0 aliphatic heterocycles. The molecular formula is C13H11N3O2. The molecule has 0 fully saturated rings. The van der Waals surface area contributed by atoms with Crippen LogP contribution in [0.1, 0.15) is 10.5 Å². The number of hydrogen-bond acceptors (Lipinski definition) is 2. The van der Waals surface area contributed by atoms with E-state index in [1.54, 1.807) is 24.5 Å². The third-order valence-corrected chi connectivity index (χ3v) is 3.00. The second-order valence-electron chi connectivity index (χ2n) is 4.14. The third-order valence-electron chi connectivity index (χ3n) is 3.00. The molecule has 0 radical (unpaired) electrons. The number of aryl methyl sites for hydroxylation is 1. The zero-order chi connectivity index (χ0) is 12.7. The lowest BCUT2D eigenvalue weighted by Gasteiger charge is -1.95. The molecule has 0 spiro atoms. The Hall–Kier alpha value is -2.56. The largest absolute Gasteiger partial charge is 0.477 e. The van der Waals surface area contributed by atoms with Gasteiger partial charge >= 0.3 is 5.97 Å². The Bertz CT molecular complexity index is 740. The van der Waals surface area contributed by atoms with Crippen molar-refractivity contribution in [2.75, 3.05) is 0 Å². The maximum absolute atomic E-state index is 10.9. The maximum atomic E-state index is 10.9. The predicted octanol–water partition coefficient (Wildman–Crippen LogP) is 2.27. The van der Waals surface area contributed by atoms with Crippen molar-refractivity contribution in [3.63, 3.8) is 0 Å². The van der Waals surface area contributed by atoms with Crippen LogP contribution in [0.5, 0.6) is 0 Å². The molecular weight excluding hydrogens is 230 g/mol. The smallest absolute Gasteiger partial charge is 0.352 e. The van der Waals surface area contributed by atoms with Gasteiger partial charge in [-0.05, 0) is 18.2 Å². The van der Waals surface area contributed by atoms with Crippen molar-refractivity contribution >= 4 is 16.9 Å². The summed E-state index contributed by atoms with van der Waals surface area (Å²) in [6.07, 6.45) is 5.49. The molecule has 90 valence electrons. The number of aromatic nitrogens is 3. The van der Waals surface area contributed by atoms with Crippen LogP contribution in [0, 0.1) is 0 Å². The lowest BCUT2D eigenvalue weighted by molar-refractivity contribution is 0.0691. The van der Waals surface area contributed by atoms with Crippen molar-refractivity contribution in [2.45, 2.75) is 0 Å². The van der Waals surface area contributed by atoms with E-state index >= 15 is 0 Å². The molecule has 3 rings (SSSR count). The van der Waals surface area contributed by atoms with Gasteiger partial charge in [-0.15, -0.1) is 0 Å². The van der Waals surface area contributed by atoms with E-state index in [0.29, 0.717) is 0 Å². The van der Waals surface area contributed by atoms with Crippen LogP contribution in [0.15, 0.2) is 36.8 Å². The Balaban J connectivity index is 2.22. The Morgan fingerprint density at radius 3 is 2.94 bits per heavy atom. The molecule has 18 heavy (non-hydrogen) atoms. The number of nitrogens with zero attached hydrogens (tertiary/aromatic N) is 2. The van der Waals surface area contributed by atoms with Gasteiger partial charge < -0.3 is 14.7 Å². The highest BCUT2D eigenvalue weighted by atomic mass is 16.4. The second-order valence-corrected chi connectivity index (χ2v) is 4.14. The number of pyridine rings is 1. The minimum atomic E-state index is -0.959. The number of aromatic amines is 1. The number of aromatic carboxylic acids is 1. The van der Waals surface area contributed by atoms with Gasteiger partial charge in [0.1, 0.15) is 5.69 Å². The van der Waals surface area contributed by atoms with E-state index in [1.165, 1.54) is 0 Å². The molecule has 3 aromatic heterocycles. The van der Waals surface area contributed by atoms with E-state index in [4.69, 9.17) is 5.11 Å². The van der Waals surface area contributed by atoms with Gasteiger partial charge in [0.15, 0.2) is 0 Å². The summed E-state index contributed by atoms with van der Waals surface area (Å²) in [7, 11) is 1.95. The van der Waals surface area contributed by atoms with Gasteiger partial charge in [-0.3, -0.25) is 4.98 Å². The average molecular weight is 241 g/mol. The maximum Gasteiger partial charge on any atom is 0.352 e. The van der Waals surface area contributed by atoms with Crippen LogP contribution in [0.2, 0.25) is 0 Å². The number of carboxylic acids is 1. The zero-order valence-corrected chi connectivity index (χ0v) is 9.71. The van der Waals surface area contributed by atoms with E-state index in [0.717, 1.165) is 22.2 Å². The molecule has 5 nitrogen and oxygen atoms in total. The number of H-pyrrole nitrogens is 1. The molecule has 3 heterocycles. The molecule has 0 aromatic carbocycles. The number of hydrogen-bond donors (Lipinski definition) is 2. The molecule has 0 bridgehead atoms. The van der Waals surface area contributed by atoms with E-state index < -0.39 is 5.97 Å². The van der Waals surface area contributed by atoms with Crippen LogP contribution in [0.4, 0.5) is 0 Å². The zero-order valence-electron chi connectivity index (χ0n) is 9.71. The summed E-state index contributed by atoms with van der Waals surface area (Å²) in [4.78, 5) is 17.9. The van der Waals surface area contributed by atoms with Gasteiger partial charge in [-0.1, -0.05) is 0 Å². The fourth-order valence-electron chi connectivity index (χ4n) is 2.13. The van der Waals surface area contributed by atoms with Gasteiger partial charge in [0.05, 0.1) is 5.52 Å². The number of carboxylic acid groups (broad SMARTS) is 1. The van der Waals surface area contributed by atoms with Gasteiger partial charge in [0.25, 0.3) is 0 Å². The first-order valence-electron chi connectivity index (χ1n) is 5.48. The summed E-state index contributed by atoms with van der Waals surface area (Å²) in [5, 5.41) is 9.91. The monoisotopic (exact) mass is 241 g/mol. The molecule has 0 amide bonds. The molecule has 5 heteroatoms. The molecule has 0 unspecified atom stereocenters. The molecule has 0 aliphatic rings. The summed E-state index contributed by atoms with van der Waals surface area (Å²) in [6, 6.07) is 5.26. The predicted molar refractivity (Wildman–Crippen MR) is 67.5 cm³/mol. The van der Waals surface area contributed by atoms with Crippen LogP contribution in [-0.4, -0.2) is 25.6 Å². The normalized spacial score (nSPS) is 10.9. The first-order chi connectivity index (χ1) is 8.66. The van der Waals surface area contributed by atoms with Gasteiger partial charge in [-0.25, -0.2) is 4.79 Å². The van der Waals surface area contributed by atoms with Crippen LogP contribution in [0.3, 0.4) is 0 Å². The van der Waals surface area contributed by atoms with E-state index in [2.05, 4.69) is 9.97 Å². The lowest BCUT2D eigenvalue weighted by atomic mass is 10.2. The Morgan fingerprint density at radius 1 is 1.39 bits per heavy atom. The van der Waals surface area contributed by atoms with Crippen LogP contribution in [-0.2, 0) is 7.05 Å². The first-order valence-corrected chi connectivity index (χ1v) is 5.48. The standard InChI is InChI=1S/C13H11N3O2/c1-16-7-9(8-6-14-5-4-12(8)16)10-2-3-11(15-10)13(17)18/h2-7,15H,1H3,(H,17,18). The van der Waals surface area contributed by atoms with Gasteiger partial charge in [-0.2, -0.15) is 0 Å². The Morgan fingerprint density at radius 2 is 2.22 bits per heavy atom. The van der Waals surface area contributed by atoms with Crippen LogP contribution < -0.4 is 0 Å². The molecule has 2 N–H and O–H groups in total. The van der Waals surface area contributed by atoms with Crippen molar-refractivity contribution < 1.29 is 9.90 Å². The molecule has 0 atom stereocenters. The highest BCUT2D eigenvalue weighted by molar-refractivity contribution is 5.95. The fraction of sp³-hybridized carbons (Fsp3) is 0.0769. The topological polar surface area (TPSA) is 70.9 Å². The van der Waals surface area contributed by atoms with Crippen molar-refractivity contribution in [3.05, 3.63) is 42.5 Å². The summed E-state index contributed by atoms with van der Waals surface area (Å²) in [5.41, 5.74) is 2.98. The molecule has 0 saturated carbocycles. The summed E-state index contributed by atoms with van der Waals surface area (Å²) >= 11 is 0. The van der Waals surface area contributed by atoms with E-state index in [-0.39, 0.29) is 5.69 Å². The molecule has 0 aliphatic carbocycles. The number of rotatable bonds is 2. The van der Waals surface area contributed by atoms with Crippen molar-refractivity contribution in [2.24, 2.45) is 7.05 Å². The Labute approximate surface area is 103 Å². The SMILES string of the molecule is Cn1cc(-c2ccc(C(=O)O)[nH]2)c2cnccc21. The third kappa shape index (κ3) is 1.48. The number of carbonyl (C=O) groups is 1. The Kier molecular flexibility index (Phi) is 2.19. The van der Waals surface area contributed by atoms with Crippen LogP contribution in [0.25, 0.3) is 22.2 Å². The van der Waals surface area contributed by atoms with Gasteiger partial charge in [0, 0.05) is 42.3 Å². The van der Waals surface area contributed by atoms with E-state index in [1.807, 2.05) is 23.9 Å². The average Bonchev–Trinajstić information content (AvgIpc) is 2.95. The fourth-order valence-corrected chi connectivity index (χ4v) is 2.13. The summed E-state index contributed by atoms with van der Waals surface area (Å²) in [5.74, 6) is -0.959. The van der Waals surface area contributed by atoms with Crippen molar-refractivity contribution in [1.82, 2.24) is 14.5 Å². The van der Waals surface area contributed by atoms with Crippen molar-refractivity contribution in [3.8, 4) is 11.3 Å². The minimum Gasteiger partial charge on any atom is -0.477 e. The second kappa shape index (κ2) is 3.73. The quantitative estimate of drug-likeness (QED) is 0.723. The van der Waals surface area contributed by atoms with Crippen molar-refractivity contribution in [1.29, 1.82) is 0 Å². The highest BCUT2D eigenvalue weighted by Gasteiger charge is 2.12. The molecule has 3 aromatic rings.